The average Bonchev–Trinajstić information content (AvgIpc) is 2.31. The van der Waals surface area contributed by atoms with Crippen LogP contribution in [0.4, 0.5) is 0 Å². The first-order valence-corrected chi connectivity index (χ1v) is 5.23. The number of esters is 1. The first-order valence-electron chi connectivity index (χ1n) is 5.23. The summed E-state index contributed by atoms with van der Waals surface area (Å²) < 4.78 is 15.6. The van der Waals surface area contributed by atoms with Gasteiger partial charge in [0.05, 0.1) is 18.8 Å². The van der Waals surface area contributed by atoms with E-state index in [2.05, 4.69) is 0 Å². The van der Waals surface area contributed by atoms with Crippen LogP contribution in [-0.4, -0.2) is 32.1 Å². The second-order valence-electron chi connectivity index (χ2n) is 3.60. The van der Waals surface area contributed by atoms with E-state index in [9.17, 15) is 4.79 Å². The number of carbonyl (C=O) groups excluding carboxylic acids is 1. The van der Waals surface area contributed by atoms with Gasteiger partial charge in [0.1, 0.15) is 6.61 Å². The molecule has 1 aliphatic heterocycles. The van der Waals surface area contributed by atoms with Crippen LogP contribution in [0.3, 0.4) is 0 Å². The number of rotatable bonds is 2. The van der Waals surface area contributed by atoms with Crippen molar-refractivity contribution in [2.45, 2.75) is 13.2 Å². The number of hydrogen-bond donors (Lipinski definition) is 0. The van der Waals surface area contributed by atoms with Crippen molar-refractivity contribution in [1.29, 1.82) is 0 Å². The van der Waals surface area contributed by atoms with Crippen molar-refractivity contribution in [3.05, 3.63) is 35.4 Å². The van der Waals surface area contributed by atoms with E-state index < -0.39 is 6.29 Å². The highest BCUT2D eigenvalue weighted by Gasteiger charge is 2.20. The predicted molar refractivity (Wildman–Crippen MR) is 57.2 cm³/mol. The van der Waals surface area contributed by atoms with Gasteiger partial charge in [-0.25, -0.2) is 4.79 Å². The van der Waals surface area contributed by atoms with E-state index in [0.29, 0.717) is 25.4 Å². The van der Waals surface area contributed by atoms with Crippen LogP contribution in [0.25, 0.3) is 0 Å². The van der Waals surface area contributed by atoms with E-state index in [1.54, 1.807) is 6.07 Å². The summed E-state index contributed by atoms with van der Waals surface area (Å²) in [4.78, 5) is 11.8. The van der Waals surface area contributed by atoms with Gasteiger partial charge < -0.3 is 14.2 Å². The molecule has 86 valence electrons. The second kappa shape index (κ2) is 5.09. The number of aryl methyl sites for hydroxylation is 1. The zero-order valence-electron chi connectivity index (χ0n) is 9.14. The molecule has 0 radical (unpaired) electrons. The third-order valence-electron chi connectivity index (χ3n) is 2.39. The third kappa shape index (κ3) is 2.59. The Morgan fingerprint density at radius 2 is 2.19 bits per heavy atom. The highest BCUT2D eigenvalue weighted by molar-refractivity contribution is 5.91. The highest BCUT2D eigenvalue weighted by Crippen LogP contribution is 2.11. The van der Waals surface area contributed by atoms with Crippen LogP contribution in [0, 0.1) is 6.92 Å². The van der Waals surface area contributed by atoms with E-state index in [0.717, 1.165) is 5.56 Å². The topological polar surface area (TPSA) is 44.8 Å². The first kappa shape index (κ1) is 11.1. The maximum absolute atomic E-state index is 11.8. The molecule has 16 heavy (non-hydrogen) atoms. The van der Waals surface area contributed by atoms with Gasteiger partial charge in [0, 0.05) is 0 Å². The summed E-state index contributed by atoms with van der Waals surface area (Å²) in [5.41, 5.74) is 1.46. The molecule has 1 aliphatic rings. The van der Waals surface area contributed by atoms with Crippen LogP contribution in [0.15, 0.2) is 24.3 Å². The number of benzene rings is 1. The molecule has 2 rings (SSSR count). The van der Waals surface area contributed by atoms with Crippen molar-refractivity contribution in [2.75, 3.05) is 19.8 Å². The largest absolute Gasteiger partial charge is 0.430 e. The Bertz CT molecular complexity index is 369. The summed E-state index contributed by atoms with van der Waals surface area (Å²) in [5, 5.41) is 0. The number of carbonyl (C=O) groups is 1. The van der Waals surface area contributed by atoms with Crippen molar-refractivity contribution >= 4 is 5.97 Å². The summed E-state index contributed by atoms with van der Waals surface area (Å²) in [5.74, 6) is -0.367. The number of ether oxygens (including phenoxy) is 3. The molecule has 4 heteroatoms. The monoisotopic (exact) mass is 222 g/mol. The molecule has 0 bridgehead atoms. The van der Waals surface area contributed by atoms with Gasteiger partial charge in [-0.3, -0.25) is 0 Å². The molecular weight excluding hydrogens is 208 g/mol. The summed E-state index contributed by atoms with van der Waals surface area (Å²) in [6.45, 7) is 3.19. The van der Waals surface area contributed by atoms with Gasteiger partial charge in [-0.05, 0) is 18.6 Å². The lowest BCUT2D eigenvalue weighted by molar-refractivity contribution is -0.186. The Morgan fingerprint density at radius 1 is 1.38 bits per heavy atom. The summed E-state index contributed by atoms with van der Waals surface area (Å²) >= 11 is 0. The standard InChI is InChI=1S/C12H14O4/c1-9-4-2-3-5-10(9)12(13)16-11-8-14-6-7-15-11/h2-5,11H,6-8H2,1H3/t11-/m0/s1. The minimum atomic E-state index is -0.583. The van der Waals surface area contributed by atoms with Crippen molar-refractivity contribution in [1.82, 2.24) is 0 Å². The van der Waals surface area contributed by atoms with Gasteiger partial charge in [0.25, 0.3) is 0 Å². The Labute approximate surface area is 94.1 Å². The molecule has 0 spiro atoms. The molecule has 0 N–H and O–H groups in total. The smallest absolute Gasteiger partial charge is 0.340 e. The first-order chi connectivity index (χ1) is 7.77. The number of hydrogen-bond acceptors (Lipinski definition) is 4. The lowest BCUT2D eigenvalue weighted by Crippen LogP contribution is -2.32. The van der Waals surface area contributed by atoms with Crippen LogP contribution in [0.1, 0.15) is 15.9 Å². The molecule has 1 aromatic carbocycles. The molecule has 1 atom stereocenters. The Kier molecular flexibility index (Phi) is 3.54. The highest BCUT2D eigenvalue weighted by atomic mass is 16.7. The molecule has 0 aromatic heterocycles. The zero-order chi connectivity index (χ0) is 11.4. The molecule has 0 amide bonds. The zero-order valence-corrected chi connectivity index (χ0v) is 9.14. The lowest BCUT2D eigenvalue weighted by atomic mass is 10.1. The summed E-state index contributed by atoms with van der Waals surface area (Å²) in [6, 6.07) is 7.30. The minimum Gasteiger partial charge on any atom is -0.430 e. The van der Waals surface area contributed by atoms with Crippen LogP contribution in [0.5, 0.6) is 0 Å². The molecule has 1 fully saturated rings. The van der Waals surface area contributed by atoms with Crippen LogP contribution >= 0.6 is 0 Å². The van der Waals surface area contributed by atoms with Crippen molar-refractivity contribution in [3.8, 4) is 0 Å². The molecule has 4 nitrogen and oxygen atoms in total. The molecular formula is C12H14O4. The quantitative estimate of drug-likeness (QED) is 0.712. The van der Waals surface area contributed by atoms with Crippen LogP contribution in [-0.2, 0) is 14.2 Å². The van der Waals surface area contributed by atoms with E-state index in [1.807, 2.05) is 25.1 Å². The van der Waals surface area contributed by atoms with E-state index in [-0.39, 0.29) is 5.97 Å². The fourth-order valence-electron chi connectivity index (χ4n) is 1.52. The van der Waals surface area contributed by atoms with Gasteiger partial charge in [0.2, 0.25) is 6.29 Å². The Balaban J connectivity index is 2.00. The van der Waals surface area contributed by atoms with Crippen molar-refractivity contribution < 1.29 is 19.0 Å². The summed E-state index contributed by atoms with van der Waals surface area (Å²) in [6.07, 6.45) is -0.583. The Morgan fingerprint density at radius 3 is 2.88 bits per heavy atom. The van der Waals surface area contributed by atoms with E-state index in [4.69, 9.17) is 14.2 Å². The molecule has 1 heterocycles. The minimum absolute atomic E-state index is 0.303. The molecule has 0 saturated carbocycles. The summed E-state index contributed by atoms with van der Waals surface area (Å²) in [7, 11) is 0. The Hall–Kier alpha value is -1.39. The van der Waals surface area contributed by atoms with Crippen molar-refractivity contribution in [2.24, 2.45) is 0 Å². The predicted octanol–water partition coefficient (Wildman–Crippen LogP) is 1.52. The third-order valence-corrected chi connectivity index (χ3v) is 2.39. The average molecular weight is 222 g/mol. The normalized spacial score (nSPS) is 20.4. The SMILES string of the molecule is Cc1ccccc1C(=O)O[C@H]1COCCO1. The molecule has 0 aliphatic carbocycles. The molecule has 0 unspecified atom stereocenters. The van der Waals surface area contributed by atoms with Crippen LogP contribution < -0.4 is 0 Å². The molecule has 1 aromatic rings. The maximum Gasteiger partial charge on any atom is 0.340 e. The second-order valence-corrected chi connectivity index (χ2v) is 3.60. The van der Waals surface area contributed by atoms with Gasteiger partial charge in [-0.15, -0.1) is 0 Å². The van der Waals surface area contributed by atoms with Gasteiger partial charge in [-0.1, -0.05) is 18.2 Å². The lowest BCUT2D eigenvalue weighted by Gasteiger charge is -2.22. The molecule has 1 saturated heterocycles. The van der Waals surface area contributed by atoms with Gasteiger partial charge in [0.15, 0.2) is 0 Å². The fourth-order valence-corrected chi connectivity index (χ4v) is 1.52. The van der Waals surface area contributed by atoms with Gasteiger partial charge in [-0.2, -0.15) is 0 Å². The van der Waals surface area contributed by atoms with Crippen molar-refractivity contribution in [3.63, 3.8) is 0 Å². The van der Waals surface area contributed by atoms with E-state index in [1.165, 1.54) is 0 Å². The van der Waals surface area contributed by atoms with E-state index >= 15 is 0 Å². The maximum atomic E-state index is 11.8. The van der Waals surface area contributed by atoms with Crippen LogP contribution in [0.2, 0.25) is 0 Å². The van der Waals surface area contributed by atoms with Gasteiger partial charge >= 0.3 is 5.97 Å². The fraction of sp³-hybridized carbons (Fsp3) is 0.417.